The number of hydrogen-bond donors (Lipinski definition) is 1. The van der Waals surface area contributed by atoms with E-state index in [0.717, 1.165) is 16.7 Å². The molecule has 2 aromatic rings. The average molecular weight is 298 g/mol. The Morgan fingerprint density at radius 2 is 2.24 bits per heavy atom. The minimum absolute atomic E-state index is 0.108. The van der Waals surface area contributed by atoms with Crippen LogP contribution in [0.1, 0.15) is 12.7 Å². The summed E-state index contributed by atoms with van der Waals surface area (Å²) in [5, 5.41) is 3.12. The lowest BCUT2D eigenvalue weighted by atomic mass is 10.2. The summed E-state index contributed by atoms with van der Waals surface area (Å²) in [4.78, 5) is 0. The molecule has 2 rings (SSSR count). The van der Waals surface area contributed by atoms with E-state index in [1.165, 1.54) is 6.07 Å². The molecule has 0 spiro atoms. The van der Waals surface area contributed by atoms with Gasteiger partial charge in [-0.15, -0.1) is 0 Å². The van der Waals surface area contributed by atoms with Crippen molar-refractivity contribution in [1.82, 2.24) is 0 Å². The van der Waals surface area contributed by atoms with Gasteiger partial charge in [0.25, 0.3) is 0 Å². The van der Waals surface area contributed by atoms with Crippen LogP contribution in [0.2, 0.25) is 0 Å². The van der Waals surface area contributed by atoms with E-state index in [2.05, 4.69) is 21.2 Å². The van der Waals surface area contributed by atoms with Gasteiger partial charge in [0.15, 0.2) is 0 Å². The summed E-state index contributed by atoms with van der Waals surface area (Å²) < 4.78 is 19.6. The van der Waals surface area contributed by atoms with Gasteiger partial charge in [-0.1, -0.05) is 15.9 Å². The van der Waals surface area contributed by atoms with Crippen molar-refractivity contribution in [1.29, 1.82) is 0 Å². The summed E-state index contributed by atoms with van der Waals surface area (Å²) in [5.74, 6) is 0.633. The molecule has 4 heteroatoms. The first-order valence-electron chi connectivity index (χ1n) is 5.39. The minimum Gasteiger partial charge on any atom is -0.469 e. The van der Waals surface area contributed by atoms with E-state index < -0.39 is 0 Å². The quantitative estimate of drug-likeness (QED) is 0.914. The lowest BCUT2D eigenvalue weighted by molar-refractivity contribution is 0.497. The van der Waals surface area contributed by atoms with Gasteiger partial charge in [-0.2, -0.15) is 0 Å². The SMILES string of the molecule is CC(Cc1ccco1)Nc1ccc(Br)cc1F. The number of benzene rings is 1. The Labute approximate surface area is 108 Å². The highest BCUT2D eigenvalue weighted by molar-refractivity contribution is 9.10. The fraction of sp³-hybridized carbons (Fsp3) is 0.231. The maximum Gasteiger partial charge on any atom is 0.147 e. The third-order valence-electron chi connectivity index (χ3n) is 2.42. The number of hydrogen-bond acceptors (Lipinski definition) is 2. The van der Waals surface area contributed by atoms with Crippen LogP contribution in [0.4, 0.5) is 10.1 Å². The first-order chi connectivity index (χ1) is 8.15. The molecule has 0 saturated heterocycles. The van der Waals surface area contributed by atoms with Crippen LogP contribution in [-0.4, -0.2) is 6.04 Å². The van der Waals surface area contributed by atoms with Crippen LogP contribution in [-0.2, 0) is 6.42 Å². The Kier molecular flexibility index (Phi) is 3.84. The molecule has 2 nitrogen and oxygen atoms in total. The van der Waals surface area contributed by atoms with Crippen LogP contribution in [0.25, 0.3) is 0 Å². The molecule has 0 aliphatic carbocycles. The fourth-order valence-electron chi connectivity index (χ4n) is 1.65. The standard InChI is InChI=1S/C13H13BrFNO/c1-9(7-11-3-2-6-17-11)16-13-5-4-10(14)8-12(13)15/h2-6,8-9,16H,7H2,1H3. The topological polar surface area (TPSA) is 25.2 Å². The largest absolute Gasteiger partial charge is 0.469 e. The molecule has 1 aromatic carbocycles. The van der Waals surface area contributed by atoms with Crippen molar-refractivity contribution in [2.24, 2.45) is 0 Å². The number of anilines is 1. The zero-order valence-electron chi connectivity index (χ0n) is 9.41. The molecule has 1 heterocycles. The maximum absolute atomic E-state index is 13.6. The highest BCUT2D eigenvalue weighted by atomic mass is 79.9. The van der Waals surface area contributed by atoms with Gasteiger partial charge < -0.3 is 9.73 Å². The van der Waals surface area contributed by atoms with Crippen LogP contribution in [0, 0.1) is 5.82 Å². The van der Waals surface area contributed by atoms with Gasteiger partial charge in [0, 0.05) is 16.9 Å². The van der Waals surface area contributed by atoms with E-state index in [1.54, 1.807) is 12.3 Å². The fourth-order valence-corrected chi connectivity index (χ4v) is 1.99. The molecule has 17 heavy (non-hydrogen) atoms. The van der Waals surface area contributed by atoms with E-state index in [-0.39, 0.29) is 11.9 Å². The summed E-state index contributed by atoms with van der Waals surface area (Å²) in [6, 6.07) is 8.85. The number of rotatable bonds is 4. The molecule has 0 saturated carbocycles. The van der Waals surface area contributed by atoms with Crippen LogP contribution in [0.5, 0.6) is 0 Å². The van der Waals surface area contributed by atoms with E-state index in [4.69, 9.17) is 4.42 Å². The normalized spacial score (nSPS) is 12.4. The first kappa shape index (κ1) is 12.2. The lowest BCUT2D eigenvalue weighted by Crippen LogP contribution is -2.18. The molecule has 1 atom stereocenters. The maximum atomic E-state index is 13.6. The Morgan fingerprint density at radius 3 is 2.88 bits per heavy atom. The number of nitrogens with one attached hydrogen (secondary N) is 1. The third kappa shape index (κ3) is 3.33. The Morgan fingerprint density at radius 1 is 1.41 bits per heavy atom. The molecule has 0 amide bonds. The Hall–Kier alpha value is -1.29. The second-order valence-electron chi connectivity index (χ2n) is 3.95. The molecule has 0 aliphatic heterocycles. The van der Waals surface area contributed by atoms with Gasteiger partial charge in [-0.25, -0.2) is 4.39 Å². The Bertz CT molecular complexity index is 484. The second-order valence-corrected chi connectivity index (χ2v) is 4.87. The zero-order chi connectivity index (χ0) is 12.3. The van der Waals surface area contributed by atoms with E-state index in [9.17, 15) is 4.39 Å². The predicted octanol–water partition coefficient (Wildman–Crippen LogP) is 4.22. The number of furan rings is 1. The molecule has 90 valence electrons. The molecule has 1 N–H and O–H groups in total. The molecule has 0 radical (unpaired) electrons. The molecule has 1 unspecified atom stereocenters. The zero-order valence-corrected chi connectivity index (χ0v) is 11.0. The van der Waals surface area contributed by atoms with E-state index in [0.29, 0.717) is 5.69 Å². The van der Waals surface area contributed by atoms with Crippen molar-refractivity contribution >= 4 is 21.6 Å². The van der Waals surface area contributed by atoms with Crippen molar-refractivity contribution < 1.29 is 8.81 Å². The van der Waals surface area contributed by atoms with E-state index in [1.807, 2.05) is 25.1 Å². The highest BCUT2D eigenvalue weighted by Gasteiger charge is 2.08. The monoisotopic (exact) mass is 297 g/mol. The average Bonchev–Trinajstić information content (AvgIpc) is 2.75. The van der Waals surface area contributed by atoms with Crippen LogP contribution in [0.3, 0.4) is 0 Å². The van der Waals surface area contributed by atoms with Crippen molar-refractivity contribution in [3.8, 4) is 0 Å². The van der Waals surface area contributed by atoms with E-state index >= 15 is 0 Å². The summed E-state index contributed by atoms with van der Waals surface area (Å²) >= 11 is 3.23. The molecule has 0 bridgehead atoms. The van der Waals surface area contributed by atoms with Crippen LogP contribution >= 0.6 is 15.9 Å². The molecular weight excluding hydrogens is 285 g/mol. The number of halogens is 2. The first-order valence-corrected chi connectivity index (χ1v) is 6.18. The van der Waals surface area contributed by atoms with Gasteiger partial charge in [0.1, 0.15) is 11.6 Å². The van der Waals surface area contributed by atoms with Crippen LogP contribution in [0.15, 0.2) is 45.5 Å². The molecule has 0 fully saturated rings. The lowest BCUT2D eigenvalue weighted by Gasteiger charge is -2.14. The van der Waals surface area contributed by atoms with Gasteiger partial charge in [0.2, 0.25) is 0 Å². The van der Waals surface area contributed by atoms with Crippen LogP contribution < -0.4 is 5.32 Å². The molecule has 1 aromatic heterocycles. The summed E-state index contributed by atoms with van der Waals surface area (Å²) in [6.45, 7) is 1.99. The van der Waals surface area contributed by atoms with Crippen molar-refractivity contribution in [2.75, 3.05) is 5.32 Å². The van der Waals surface area contributed by atoms with Gasteiger partial charge >= 0.3 is 0 Å². The second kappa shape index (κ2) is 5.36. The smallest absolute Gasteiger partial charge is 0.147 e. The third-order valence-corrected chi connectivity index (χ3v) is 2.91. The Balaban J connectivity index is 2.00. The van der Waals surface area contributed by atoms with Crippen molar-refractivity contribution in [2.45, 2.75) is 19.4 Å². The molecule has 0 aliphatic rings. The minimum atomic E-state index is -0.259. The van der Waals surface area contributed by atoms with Gasteiger partial charge in [-0.3, -0.25) is 0 Å². The van der Waals surface area contributed by atoms with Gasteiger partial charge in [0.05, 0.1) is 12.0 Å². The summed E-state index contributed by atoms with van der Waals surface area (Å²) in [7, 11) is 0. The summed E-state index contributed by atoms with van der Waals surface area (Å²) in [5.41, 5.74) is 0.507. The highest BCUT2D eigenvalue weighted by Crippen LogP contribution is 2.20. The predicted molar refractivity (Wildman–Crippen MR) is 69.6 cm³/mol. The summed E-state index contributed by atoms with van der Waals surface area (Å²) in [6.07, 6.45) is 2.37. The van der Waals surface area contributed by atoms with Crippen molar-refractivity contribution in [3.05, 3.63) is 52.6 Å². The van der Waals surface area contributed by atoms with Gasteiger partial charge in [-0.05, 0) is 37.3 Å². The molecular formula is C13H13BrFNO. The van der Waals surface area contributed by atoms with Crippen molar-refractivity contribution in [3.63, 3.8) is 0 Å².